The second-order valence-electron chi connectivity index (χ2n) is 6.77. The monoisotopic (exact) mass is 383 g/mol. The molecule has 1 aliphatic heterocycles. The molecule has 0 atom stereocenters. The highest BCUT2D eigenvalue weighted by Gasteiger charge is 2.40. The van der Waals surface area contributed by atoms with Gasteiger partial charge in [-0.1, -0.05) is 19.3 Å². The first-order valence-corrected chi connectivity index (χ1v) is 9.98. The van der Waals surface area contributed by atoms with Gasteiger partial charge in [-0.2, -0.15) is 0 Å². The molecule has 0 N–H and O–H groups in total. The average Bonchev–Trinajstić information content (AvgIpc) is 3.27. The van der Waals surface area contributed by atoms with Crippen LogP contribution in [0.2, 0.25) is 0 Å². The fraction of sp³-hybridized carbons (Fsp3) is 0.333. The number of furan rings is 1. The van der Waals surface area contributed by atoms with E-state index in [0.717, 1.165) is 48.8 Å². The van der Waals surface area contributed by atoms with Crippen LogP contribution >= 0.6 is 11.8 Å². The zero-order valence-corrected chi connectivity index (χ0v) is 16.0. The van der Waals surface area contributed by atoms with Crippen LogP contribution in [0.3, 0.4) is 0 Å². The summed E-state index contributed by atoms with van der Waals surface area (Å²) in [6, 6.07) is 11.3. The first-order valence-electron chi connectivity index (χ1n) is 9.17. The lowest BCUT2D eigenvalue weighted by Gasteiger charge is -2.28. The van der Waals surface area contributed by atoms with E-state index in [1.165, 1.54) is 11.3 Å². The van der Waals surface area contributed by atoms with Crippen molar-refractivity contribution in [3.8, 4) is 17.1 Å². The van der Waals surface area contributed by atoms with E-state index in [1.54, 1.807) is 13.2 Å². The van der Waals surface area contributed by atoms with Crippen LogP contribution in [0, 0.1) is 0 Å². The van der Waals surface area contributed by atoms with Gasteiger partial charge in [-0.15, -0.1) is 0 Å². The molecule has 0 unspecified atom stereocenters. The Hall–Kier alpha value is -2.47. The molecule has 2 aromatic rings. The maximum atomic E-state index is 12.7. The number of hydrogen-bond acceptors (Lipinski definition) is 5. The van der Waals surface area contributed by atoms with Gasteiger partial charge >= 0.3 is 0 Å². The van der Waals surface area contributed by atoms with Crippen molar-refractivity contribution in [2.45, 2.75) is 38.1 Å². The fourth-order valence-electron chi connectivity index (χ4n) is 3.60. The van der Waals surface area contributed by atoms with Gasteiger partial charge in [-0.3, -0.25) is 14.5 Å². The summed E-state index contributed by atoms with van der Waals surface area (Å²) < 4.78 is 11.0. The summed E-state index contributed by atoms with van der Waals surface area (Å²) in [4.78, 5) is 27.0. The number of rotatable bonds is 4. The van der Waals surface area contributed by atoms with Gasteiger partial charge in [0.2, 0.25) is 0 Å². The summed E-state index contributed by atoms with van der Waals surface area (Å²) in [5, 5.41) is -0.167. The van der Waals surface area contributed by atoms with Crippen LogP contribution in [0.15, 0.2) is 45.7 Å². The van der Waals surface area contributed by atoms with Gasteiger partial charge in [0.05, 0.1) is 12.0 Å². The number of imide groups is 1. The van der Waals surface area contributed by atoms with Crippen molar-refractivity contribution in [2.75, 3.05) is 7.11 Å². The topological polar surface area (TPSA) is 59.8 Å². The first kappa shape index (κ1) is 17.9. The van der Waals surface area contributed by atoms with Gasteiger partial charge in [-0.25, -0.2) is 0 Å². The molecule has 4 rings (SSSR count). The van der Waals surface area contributed by atoms with Gasteiger partial charge in [0.25, 0.3) is 11.1 Å². The van der Waals surface area contributed by atoms with Crippen LogP contribution in [0.4, 0.5) is 4.79 Å². The molecule has 1 saturated carbocycles. The van der Waals surface area contributed by atoms with Crippen LogP contribution in [-0.2, 0) is 4.79 Å². The van der Waals surface area contributed by atoms with Gasteiger partial charge in [0.15, 0.2) is 0 Å². The Morgan fingerprint density at radius 3 is 2.52 bits per heavy atom. The maximum Gasteiger partial charge on any atom is 0.293 e. The molecule has 6 heteroatoms. The summed E-state index contributed by atoms with van der Waals surface area (Å²) in [5.74, 6) is 1.85. The molecule has 2 fully saturated rings. The van der Waals surface area contributed by atoms with Gasteiger partial charge < -0.3 is 9.15 Å². The van der Waals surface area contributed by atoms with Crippen LogP contribution in [-0.4, -0.2) is 29.2 Å². The third-order valence-corrected chi connectivity index (χ3v) is 5.92. The molecule has 1 aliphatic carbocycles. The molecule has 1 saturated heterocycles. The number of benzene rings is 1. The van der Waals surface area contributed by atoms with Crippen molar-refractivity contribution < 1.29 is 18.7 Å². The van der Waals surface area contributed by atoms with Crippen LogP contribution in [0.25, 0.3) is 17.4 Å². The molecule has 0 radical (unpaired) electrons. The Balaban J connectivity index is 1.52. The number of thioether (sulfide) groups is 1. The zero-order valence-electron chi connectivity index (χ0n) is 15.1. The predicted molar refractivity (Wildman–Crippen MR) is 105 cm³/mol. The third-order valence-electron chi connectivity index (χ3n) is 5.04. The Bertz CT molecular complexity index is 878. The molecule has 1 aromatic heterocycles. The molecule has 5 nitrogen and oxygen atoms in total. The van der Waals surface area contributed by atoms with E-state index in [-0.39, 0.29) is 17.2 Å². The predicted octanol–water partition coefficient (Wildman–Crippen LogP) is 5.32. The molecule has 1 aromatic carbocycles. The SMILES string of the molecule is COc1ccc(-c2ccc(/C=C3\SC(=O)N(C4CCCCC4)C3=O)o2)cc1. The smallest absolute Gasteiger partial charge is 0.293 e. The number of amides is 2. The van der Waals surface area contributed by atoms with E-state index in [2.05, 4.69) is 0 Å². The van der Waals surface area contributed by atoms with E-state index >= 15 is 0 Å². The van der Waals surface area contributed by atoms with Crippen molar-refractivity contribution in [2.24, 2.45) is 0 Å². The third kappa shape index (κ3) is 3.67. The minimum atomic E-state index is -0.195. The lowest BCUT2D eigenvalue weighted by atomic mass is 9.94. The first-order chi connectivity index (χ1) is 13.2. The Labute approximate surface area is 162 Å². The van der Waals surface area contributed by atoms with E-state index in [4.69, 9.17) is 9.15 Å². The quantitative estimate of drug-likeness (QED) is 0.668. The van der Waals surface area contributed by atoms with Gasteiger partial charge in [-0.05, 0) is 61.0 Å². The standard InChI is InChI=1S/C21H21NO4S/c1-25-16-9-7-14(8-10-16)18-12-11-17(26-18)13-19-20(23)22(21(24)27-19)15-5-3-2-4-6-15/h7-13,15H,2-6H2,1H3/b19-13-. The molecular weight excluding hydrogens is 362 g/mol. The fourth-order valence-corrected chi connectivity index (χ4v) is 4.48. The number of ether oxygens (including phenoxy) is 1. The van der Waals surface area contributed by atoms with E-state index in [0.29, 0.717) is 16.4 Å². The minimum absolute atomic E-state index is 0.0450. The Morgan fingerprint density at radius 2 is 1.81 bits per heavy atom. The molecule has 0 bridgehead atoms. The highest BCUT2D eigenvalue weighted by molar-refractivity contribution is 8.18. The Morgan fingerprint density at radius 1 is 1.07 bits per heavy atom. The van der Waals surface area contributed by atoms with Crippen molar-refractivity contribution in [1.29, 1.82) is 0 Å². The summed E-state index contributed by atoms with van der Waals surface area (Å²) in [6.07, 6.45) is 6.83. The number of carbonyl (C=O) groups excluding carboxylic acids is 2. The minimum Gasteiger partial charge on any atom is -0.497 e. The molecule has 2 amide bonds. The summed E-state index contributed by atoms with van der Waals surface area (Å²) in [6.45, 7) is 0. The molecular formula is C21H21NO4S. The molecule has 2 heterocycles. The highest BCUT2D eigenvalue weighted by atomic mass is 32.2. The van der Waals surface area contributed by atoms with Gasteiger partial charge in [0.1, 0.15) is 17.3 Å². The van der Waals surface area contributed by atoms with Gasteiger partial charge in [0, 0.05) is 17.7 Å². The van der Waals surface area contributed by atoms with Crippen LogP contribution < -0.4 is 4.74 Å². The summed E-state index contributed by atoms with van der Waals surface area (Å²) in [7, 11) is 1.63. The normalized spacial score (nSPS) is 19.9. The second-order valence-corrected chi connectivity index (χ2v) is 7.77. The number of methoxy groups -OCH3 is 1. The summed E-state index contributed by atoms with van der Waals surface area (Å²) >= 11 is 1.00. The molecule has 140 valence electrons. The van der Waals surface area contributed by atoms with E-state index in [1.807, 2.05) is 36.4 Å². The molecule has 0 spiro atoms. The van der Waals surface area contributed by atoms with Crippen molar-refractivity contribution in [1.82, 2.24) is 4.90 Å². The van der Waals surface area contributed by atoms with E-state index < -0.39 is 0 Å². The van der Waals surface area contributed by atoms with Crippen molar-refractivity contribution in [3.05, 3.63) is 47.1 Å². The maximum absolute atomic E-state index is 12.7. The Kier molecular flexibility index (Phi) is 5.07. The number of nitrogens with zero attached hydrogens (tertiary/aromatic N) is 1. The lowest BCUT2D eigenvalue weighted by molar-refractivity contribution is -0.124. The average molecular weight is 383 g/mol. The number of carbonyl (C=O) groups is 2. The zero-order chi connectivity index (χ0) is 18.8. The second kappa shape index (κ2) is 7.64. The largest absolute Gasteiger partial charge is 0.497 e. The van der Waals surface area contributed by atoms with Crippen LogP contribution in [0.1, 0.15) is 37.9 Å². The van der Waals surface area contributed by atoms with Crippen molar-refractivity contribution >= 4 is 29.0 Å². The van der Waals surface area contributed by atoms with Crippen molar-refractivity contribution in [3.63, 3.8) is 0 Å². The molecule has 2 aliphatic rings. The number of hydrogen-bond donors (Lipinski definition) is 0. The highest BCUT2D eigenvalue weighted by Crippen LogP contribution is 2.37. The van der Waals surface area contributed by atoms with E-state index in [9.17, 15) is 9.59 Å². The van der Waals surface area contributed by atoms with Crippen LogP contribution in [0.5, 0.6) is 5.75 Å². The summed E-state index contributed by atoms with van der Waals surface area (Å²) in [5.41, 5.74) is 0.922. The lowest BCUT2D eigenvalue weighted by Crippen LogP contribution is -2.39. The molecule has 27 heavy (non-hydrogen) atoms.